The number of nitriles is 1. The van der Waals surface area contributed by atoms with Crippen LogP contribution >= 0.6 is 0 Å². The molecule has 0 aliphatic carbocycles. The van der Waals surface area contributed by atoms with Gasteiger partial charge in [0.1, 0.15) is 12.2 Å². The Morgan fingerprint density at radius 1 is 1.32 bits per heavy atom. The van der Waals surface area contributed by atoms with Crippen molar-refractivity contribution >= 4 is 5.91 Å². The molecule has 0 saturated carbocycles. The molecule has 1 unspecified atom stereocenters. The number of carbonyl (C=O) groups excluding carboxylic acids is 1. The lowest BCUT2D eigenvalue weighted by molar-refractivity contribution is -0.121. The highest BCUT2D eigenvalue weighted by atomic mass is 16.1. The summed E-state index contributed by atoms with van der Waals surface area (Å²) in [7, 11) is 0. The molecule has 0 aliphatic heterocycles. The van der Waals surface area contributed by atoms with E-state index >= 15 is 0 Å². The summed E-state index contributed by atoms with van der Waals surface area (Å²) in [5.74, 6) is -1.13. The van der Waals surface area contributed by atoms with Gasteiger partial charge in [-0.15, -0.1) is 0 Å². The highest BCUT2D eigenvalue weighted by molar-refractivity contribution is 5.86. The van der Waals surface area contributed by atoms with Crippen LogP contribution in [0.2, 0.25) is 0 Å². The first kappa shape index (κ1) is 12.7. The smallest absolute Gasteiger partial charge is 0.242 e. The number of nitrogens with one attached hydrogen (secondary N) is 1. The molecule has 0 aliphatic rings. The summed E-state index contributed by atoms with van der Waals surface area (Å²) in [5.41, 5.74) is 1.39. The van der Waals surface area contributed by atoms with Crippen LogP contribution in [0.25, 0.3) is 0 Å². The summed E-state index contributed by atoms with van der Waals surface area (Å²) in [4.78, 5) is 19.8. The van der Waals surface area contributed by atoms with Crippen molar-refractivity contribution in [1.29, 1.82) is 5.26 Å². The Morgan fingerprint density at radius 3 is 2.74 bits per heavy atom. The molecular formula is C14H12N4O. The molecular weight excluding hydrogens is 240 g/mol. The molecule has 5 heteroatoms. The van der Waals surface area contributed by atoms with Crippen molar-refractivity contribution in [2.24, 2.45) is 0 Å². The van der Waals surface area contributed by atoms with Crippen LogP contribution in [0.1, 0.15) is 17.2 Å². The number of amides is 1. The third kappa shape index (κ3) is 3.36. The van der Waals surface area contributed by atoms with E-state index < -0.39 is 5.92 Å². The molecule has 0 spiro atoms. The normalized spacial score (nSPS) is 11.3. The van der Waals surface area contributed by atoms with Crippen LogP contribution in [0.15, 0.2) is 48.9 Å². The number of hydrogen-bond donors (Lipinski definition) is 1. The summed E-state index contributed by atoms with van der Waals surface area (Å²) < 4.78 is 0. The van der Waals surface area contributed by atoms with Crippen molar-refractivity contribution in [3.63, 3.8) is 0 Å². The molecule has 1 atom stereocenters. The van der Waals surface area contributed by atoms with Gasteiger partial charge in [-0.25, -0.2) is 9.97 Å². The lowest BCUT2D eigenvalue weighted by atomic mass is 10.00. The van der Waals surface area contributed by atoms with E-state index in [9.17, 15) is 4.79 Å². The fraction of sp³-hybridized carbons (Fsp3) is 0.143. The van der Waals surface area contributed by atoms with Gasteiger partial charge in [-0.05, 0) is 11.6 Å². The van der Waals surface area contributed by atoms with E-state index in [2.05, 4.69) is 15.3 Å². The average Bonchev–Trinajstić information content (AvgIpc) is 2.48. The molecule has 0 bridgehead atoms. The van der Waals surface area contributed by atoms with Gasteiger partial charge in [-0.3, -0.25) is 4.79 Å². The van der Waals surface area contributed by atoms with Gasteiger partial charge in [0.2, 0.25) is 5.91 Å². The summed E-state index contributed by atoms with van der Waals surface area (Å²) in [5, 5.41) is 11.8. The van der Waals surface area contributed by atoms with Crippen LogP contribution in [0.3, 0.4) is 0 Å². The minimum Gasteiger partial charge on any atom is -0.349 e. The second kappa shape index (κ2) is 6.26. The Kier molecular flexibility index (Phi) is 4.19. The minimum atomic E-state index is -0.803. The molecule has 5 nitrogen and oxygen atoms in total. The topological polar surface area (TPSA) is 78.7 Å². The van der Waals surface area contributed by atoms with E-state index in [4.69, 9.17) is 5.26 Å². The van der Waals surface area contributed by atoms with Crippen molar-refractivity contribution in [1.82, 2.24) is 15.3 Å². The maximum atomic E-state index is 12.0. The Hall–Kier alpha value is -2.74. The lowest BCUT2D eigenvalue weighted by Crippen LogP contribution is -2.28. The molecule has 1 amide bonds. The zero-order valence-corrected chi connectivity index (χ0v) is 10.2. The van der Waals surface area contributed by atoms with Crippen molar-refractivity contribution in [2.45, 2.75) is 12.5 Å². The van der Waals surface area contributed by atoms with Gasteiger partial charge in [-0.1, -0.05) is 30.3 Å². The summed E-state index contributed by atoms with van der Waals surface area (Å²) in [6.07, 6.45) is 3.02. The first-order chi connectivity index (χ1) is 9.31. The van der Waals surface area contributed by atoms with Gasteiger partial charge in [0, 0.05) is 6.20 Å². The van der Waals surface area contributed by atoms with Gasteiger partial charge in [-0.2, -0.15) is 5.26 Å². The number of nitrogens with zero attached hydrogens (tertiary/aromatic N) is 3. The predicted molar refractivity (Wildman–Crippen MR) is 68.7 cm³/mol. The SMILES string of the molecule is N#CC(C(=O)NCc1ccncn1)c1ccccc1. The quantitative estimate of drug-likeness (QED) is 0.892. The van der Waals surface area contributed by atoms with Crippen LogP contribution in [-0.4, -0.2) is 15.9 Å². The van der Waals surface area contributed by atoms with Crippen LogP contribution in [-0.2, 0) is 11.3 Å². The largest absolute Gasteiger partial charge is 0.349 e. The number of benzene rings is 1. The van der Waals surface area contributed by atoms with Crippen molar-refractivity contribution in [3.8, 4) is 6.07 Å². The van der Waals surface area contributed by atoms with Gasteiger partial charge in [0.05, 0.1) is 18.3 Å². The number of aromatic nitrogens is 2. The Bertz CT molecular complexity index is 577. The van der Waals surface area contributed by atoms with E-state index in [-0.39, 0.29) is 12.5 Å². The van der Waals surface area contributed by atoms with Gasteiger partial charge < -0.3 is 5.32 Å². The van der Waals surface area contributed by atoms with Crippen molar-refractivity contribution in [3.05, 3.63) is 60.2 Å². The summed E-state index contributed by atoms with van der Waals surface area (Å²) >= 11 is 0. The fourth-order valence-electron chi connectivity index (χ4n) is 1.63. The zero-order valence-electron chi connectivity index (χ0n) is 10.2. The molecule has 94 valence electrons. The fourth-order valence-corrected chi connectivity index (χ4v) is 1.63. The lowest BCUT2D eigenvalue weighted by Gasteiger charge is -2.10. The Labute approximate surface area is 110 Å². The summed E-state index contributed by atoms with van der Waals surface area (Å²) in [6.45, 7) is 0.284. The van der Waals surface area contributed by atoms with Crippen molar-refractivity contribution in [2.75, 3.05) is 0 Å². The highest BCUT2D eigenvalue weighted by Crippen LogP contribution is 2.14. The maximum absolute atomic E-state index is 12.0. The molecule has 1 N–H and O–H groups in total. The van der Waals surface area contributed by atoms with Crippen molar-refractivity contribution < 1.29 is 4.79 Å². The second-order valence-electron chi connectivity index (χ2n) is 3.89. The number of rotatable bonds is 4. The minimum absolute atomic E-state index is 0.284. The van der Waals surface area contributed by atoms with Crippen LogP contribution in [0.5, 0.6) is 0 Å². The molecule has 1 aromatic carbocycles. The molecule has 0 fully saturated rings. The molecule has 19 heavy (non-hydrogen) atoms. The van der Waals surface area contributed by atoms with Crippen LogP contribution < -0.4 is 5.32 Å². The monoisotopic (exact) mass is 252 g/mol. The van der Waals surface area contributed by atoms with E-state index in [1.54, 1.807) is 36.5 Å². The third-order valence-corrected chi connectivity index (χ3v) is 2.61. The van der Waals surface area contributed by atoms with E-state index in [0.717, 1.165) is 0 Å². The van der Waals surface area contributed by atoms with Crippen LogP contribution in [0.4, 0.5) is 0 Å². The number of hydrogen-bond acceptors (Lipinski definition) is 4. The van der Waals surface area contributed by atoms with Gasteiger partial charge >= 0.3 is 0 Å². The maximum Gasteiger partial charge on any atom is 0.242 e. The molecule has 2 aromatic rings. The molecule has 1 aromatic heterocycles. The van der Waals surface area contributed by atoms with Gasteiger partial charge in [0.15, 0.2) is 0 Å². The number of carbonyl (C=O) groups is 1. The van der Waals surface area contributed by atoms with E-state index in [1.165, 1.54) is 6.33 Å². The van der Waals surface area contributed by atoms with E-state index in [1.807, 2.05) is 12.1 Å². The molecule has 0 saturated heterocycles. The Balaban J connectivity index is 2.01. The first-order valence-electron chi connectivity index (χ1n) is 5.78. The third-order valence-electron chi connectivity index (χ3n) is 2.61. The van der Waals surface area contributed by atoms with Gasteiger partial charge in [0.25, 0.3) is 0 Å². The van der Waals surface area contributed by atoms with E-state index in [0.29, 0.717) is 11.3 Å². The predicted octanol–water partition coefficient (Wildman–Crippen LogP) is 1.40. The first-order valence-corrected chi connectivity index (χ1v) is 5.78. The standard InChI is InChI=1S/C14H12N4O/c15-8-13(11-4-2-1-3-5-11)14(19)17-9-12-6-7-16-10-18-12/h1-7,10,13H,9H2,(H,17,19). The van der Waals surface area contributed by atoms with Crippen LogP contribution in [0, 0.1) is 11.3 Å². The Morgan fingerprint density at radius 2 is 2.11 bits per heavy atom. The molecule has 2 rings (SSSR count). The molecule has 1 heterocycles. The zero-order chi connectivity index (χ0) is 13.5. The average molecular weight is 252 g/mol. The second-order valence-corrected chi connectivity index (χ2v) is 3.89. The summed E-state index contributed by atoms with van der Waals surface area (Å²) in [6, 6.07) is 12.7. The highest BCUT2D eigenvalue weighted by Gasteiger charge is 2.19. The molecule has 0 radical (unpaired) electrons.